The van der Waals surface area contributed by atoms with Crippen molar-refractivity contribution in [1.82, 2.24) is 5.32 Å². The van der Waals surface area contributed by atoms with Crippen molar-refractivity contribution in [3.8, 4) is 0 Å². The quantitative estimate of drug-likeness (QED) is 0.392. The molecule has 0 aliphatic carbocycles. The second kappa shape index (κ2) is 11.2. The number of hydrogen-bond donors (Lipinski definition) is 1. The molecule has 0 aliphatic rings. The molecular formula is C22H27NO2. The summed E-state index contributed by atoms with van der Waals surface area (Å²) in [7, 11) is 0. The largest absolute Gasteiger partial charge is 0.381 e. The summed E-state index contributed by atoms with van der Waals surface area (Å²) in [6.07, 6.45) is 4.98. The molecule has 0 fully saturated rings. The van der Waals surface area contributed by atoms with Crippen molar-refractivity contribution in [2.45, 2.75) is 26.2 Å². The third kappa shape index (κ3) is 6.94. The summed E-state index contributed by atoms with van der Waals surface area (Å²) < 4.78 is 5.53. The lowest BCUT2D eigenvalue weighted by atomic mass is 10.0. The molecule has 0 saturated heterocycles. The Bertz CT molecular complexity index is 650. The zero-order valence-electron chi connectivity index (χ0n) is 14.9. The Hall–Kier alpha value is -2.39. The van der Waals surface area contributed by atoms with Gasteiger partial charge in [-0.25, -0.2) is 0 Å². The van der Waals surface area contributed by atoms with Crippen LogP contribution in [0.5, 0.6) is 0 Å². The van der Waals surface area contributed by atoms with Crippen molar-refractivity contribution < 1.29 is 9.53 Å². The minimum atomic E-state index is -0.0522. The Morgan fingerprint density at radius 2 is 1.60 bits per heavy atom. The van der Waals surface area contributed by atoms with Gasteiger partial charge in [0.15, 0.2) is 0 Å². The fourth-order valence-corrected chi connectivity index (χ4v) is 2.43. The van der Waals surface area contributed by atoms with Gasteiger partial charge in [-0.1, -0.05) is 74.0 Å². The first-order chi connectivity index (χ1) is 12.3. The average molecular weight is 337 g/mol. The van der Waals surface area contributed by atoms with Crippen LogP contribution in [0, 0.1) is 0 Å². The maximum absolute atomic E-state index is 12.7. The number of carbonyl (C=O) groups excluding carboxylic acids is 1. The predicted octanol–water partition coefficient (Wildman–Crippen LogP) is 4.55. The van der Waals surface area contributed by atoms with Crippen LogP contribution in [0.2, 0.25) is 0 Å². The monoisotopic (exact) mass is 337 g/mol. The Morgan fingerprint density at radius 3 is 2.28 bits per heavy atom. The molecule has 0 saturated carbocycles. The summed E-state index contributed by atoms with van der Waals surface area (Å²) in [5, 5.41) is 3.01. The van der Waals surface area contributed by atoms with E-state index in [1.165, 1.54) is 0 Å². The van der Waals surface area contributed by atoms with Gasteiger partial charge in [-0.05, 0) is 30.0 Å². The van der Waals surface area contributed by atoms with E-state index in [-0.39, 0.29) is 5.91 Å². The third-order valence-electron chi connectivity index (χ3n) is 3.83. The van der Waals surface area contributed by atoms with Crippen LogP contribution >= 0.6 is 0 Å². The molecule has 132 valence electrons. The van der Waals surface area contributed by atoms with Gasteiger partial charge in [0.1, 0.15) is 0 Å². The van der Waals surface area contributed by atoms with Crippen molar-refractivity contribution in [3.63, 3.8) is 0 Å². The first-order valence-electron chi connectivity index (χ1n) is 8.99. The van der Waals surface area contributed by atoms with Crippen LogP contribution in [0.25, 0.3) is 11.6 Å². The topological polar surface area (TPSA) is 38.3 Å². The number of unbranched alkanes of at least 4 members (excludes halogenated alkanes) is 1. The highest BCUT2D eigenvalue weighted by molar-refractivity contribution is 6.24. The van der Waals surface area contributed by atoms with Gasteiger partial charge < -0.3 is 10.1 Å². The number of benzene rings is 2. The molecule has 0 heterocycles. The molecule has 0 spiro atoms. The van der Waals surface area contributed by atoms with Crippen LogP contribution in [-0.2, 0) is 9.53 Å². The number of hydrogen-bond acceptors (Lipinski definition) is 2. The van der Waals surface area contributed by atoms with Crippen LogP contribution in [0.15, 0.2) is 60.7 Å². The van der Waals surface area contributed by atoms with Crippen LogP contribution < -0.4 is 5.32 Å². The Labute approximate surface area is 150 Å². The minimum absolute atomic E-state index is 0.0522. The first kappa shape index (κ1) is 18.9. The zero-order valence-corrected chi connectivity index (χ0v) is 14.9. The molecule has 0 radical (unpaired) electrons. The molecule has 2 aromatic rings. The van der Waals surface area contributed by atoms with E-state index < -0.39 is 0 Å². The van der Waals surface area contributed by atoms with E-state index in [1.807, 2.05) is 66.7 Å². The molecule has 2 rings (SSSR count). The van der Waals surface area contributed by atoms with E-state index in [0.29, 0.717) is 18.7 Å². The molecule has 2 aromatic carbocycles. The normalized spacial score (nSPS) is 11.3. The van der Waals surface area contributed by atoms with Crippen LogP contribution in [0.1, 0.15) is 37.3 Å². The standard InChI is InChI=1S/C22H27NO2/c1-2-3-16-25-17-10-15-23-22(24)21(20-13-8-5-9-14-20)18-19-11-6-4-7-12-19/h4-9,11-14,18H,2-3,10,15-17H2,1H3,(H,23,24)/b21-18-. The fourth-order valence-electron chi connectivity index (χ4n) is 2.43. The summed E-state index contributed by atoms with van der Waals surface area (Å²) in [5.74, 6) is -0.0522. The SMILES string of the molecule is CCCCOCCCNC(=O)/C(=C\c1ccccc1)c1ccccc1. The van der Waals surface area contributed by atoms with Crippen LogP contribution in [-0.4, -0.2) is 25.7 Å². The lowest BCUT2D eigenvalue weighted by molar-refractivity contribution is -0.115. The summed E-state index contributed by atoms with van der Waals surface area (Å²) in [6.45, 7) is 4.24. The van der Waals surface area contributed by atoms with Crippen LogP contribution in [0.3, 0.4) is 0 Å². The van der Waals surface area contributed by atoms with Crippen molar-refractivity contribution >= 4 is 17.6 Å². The molecule has 0 bridgehead atoms. The van der Waals surface area contributed by atoms with Gasteiger partial charge in [0.25, 0.3) is 5.91 Å². The first-order valence-corrected chi connectivity index (χ1v) is 8.99. The fraction of sp³-hybridized carbons (Fsp3) is 0.318. The minimum Gasteiger partial charge on any atom is -0.381 e. The molecule has 0 aromatic heterocycles. The molecular weight excluding hydrogens is 310 g/mol. The highest BCUT2D eigenvalue weighted by atomic mass is 16.5. The van der Waals surface area contributed by atoms with E-state index in [0.717, 1.165) is 37.0 Å². The highest BCUT2D eigenvalue weighted by Crippen LogP contribution is 2.18. The third-order valence-corrected chi connectivity index (χ3v) is 3.83. The maximum atomic E-state index is 12.7. The maximum Gasteiger partial charge on any atom is 0.251 e. The number of carbonyl (C=O) groups is 1. The van der Waals surface area contributed by atoms with Crippen molar-refractivity contribution in [1.29, 1.82) is 0 Å². The van der Waals surface area contributed by atoms with Gasteiger partial charge in [0.05, 0.1) is 0 Å². The van der Waals surface area contributed by atoms with E-state index in [1.54, 1.807) is 0 Å². The van der Waals surface area contributed by atoms with Crippen molar-refractivity contribution in [2.75, 3.05) is 19.8 Å². The highest BCUT2D eigenvalue weighted by Gasteiger charge is 2.11. The Kier molecular flexibility index (Phi) is 8.50. The smallest absolute Gasteiger partial charge is 0.251 e. The number of nitrogens with one attached hydrogen (secondary N) is 1. The summed E-state index contributed by atoms with van der Waals surface area (Å²) in [5.41, 5.74) is 2.61. The predicted molar refractivity (Wildman–Crippen MR) is 104 cm³/mol. The van der Waals surface area contributed by atoms with Gasteiger partial charge in [-0.15, -0.1) is 0 Å². The van der Waals surface area contributed by atoms with E-state index >= 15 is 0 Å². The average Bonchev–Trinajstić information content (AvgIpc) is 2.67. The zero-order chi connectivity index (χ0) is 17.7. The molecule has 1 N–H and O–H groups in total. The second-order valence-electron chi connectivity index (χ2n) is 5.91. The molecule has 3 nitrogen and oxygen atoms in total. The van der Waals surface area contributed by atoms with Gasteiger partial charge in [0.2, 0.25) is 0 Å². The van der Waals surface area contributed by atoms with E-state index in [4.69, 9.17) is 4.74 Å². The van der Waals surface area contributed by atoms with E-state index in [9.17, 15) is 4.79 Å². The van der Waals surface area contributed by atoms with Gasteiger partial charge in [0, 0.05) is 25.3 Å². The van der Waals surface area contributed by atoms with Gasteiger partial charge in [-0.3, -0.25) is 4.79 Å². The Morgan fingerprint density at radius 1 is 0.960 bits per heavy atom. The number of amides is 1. The second-order valence-corrected chi connectivity index (χ2v) is 5.91. The molecule has 3 heteroatoms. The lowest BCUT2D eigenvalue weighted by Gasteiger charge is -2.10. The van der Waals surface area contributed by atoms with Gasteiger partial charge in [-0.2, -0.15) is 0 Å². The molecule has 0 atom stereocenters. The lowest BCUT2D eigenvalue weighted by Crippen LogP contribution is -2.26. The van der Waals surface area contributed by atoms with Crippen molar-refractivity contribution in [2.24, 2.45) is 0 Å². The van der Waals surface area contributed by atoms with Crippen LogP contribution in [0.4, 0.5) is 0 Å². The molecule has 25 heavy (non-hydrogen) atoms. The molecule has 1 amide bonds. The van der Waals surface area contributed by atoms with E-state index in [2.05, 4.69) is 12.2 Å². The van der Waals surface area contributed by atoms with Gasteiger partial charge >= 0.3 is 0 Å². The molecule has 0 unspecified atom stereocenters. The summed E-state index contributed by atoms with van der Waals surface area (Å²) in [4.78, 5) is 12.7. The number of rotatable bonds is 10. The summed E-state index contributed by atoms with van der Waals surface area (Å²) >= 11 is 0. The number of ether oxygens (including phenoxy) is 1. The Balaban J connectivity index is 1.96. The molecule has 0 aliphatic heterocycles. The summed E-state index contributed by atoms with van der Waals surface area (Å²) in [6, 6.07) is 19.7. The van der Waals surface area contributed by atoms with Crippen molar-refractivity contribution in [3.05, 3.63) is 71.8 Å².